The van der Waals surface area contributed by atoms with Crippen LogP contribution in [-0.2, 0) is 9.26 Å². The molecule has 1 aliphatic heterocycles. The van der Waals surface area contributed by atoms with Gasteiger partial charge in [0.2, 0.25) is 0 Å². The molecule has 0 unspecified atom stereocenters. The van der Waals surface area contributed by atoms with E-state index in [1.807, 2.05) is 30.3 Å². The largest absolute Gasteiger partial charge is 0.400 e. The minimum atomic E-state index is -2.81. The van der Waals surface area contributed by atoms with Gasteiger partial charge in [-0.25, -0.2) is 0 Å². The Morgan fingerprint density at radius 1 is 0.861 bits per heavy atom. The Morgan fingerprint density at radius 3 is 1.89 bits per heavy atom. The van der Waals surface area contributed by atoms with E-state index in [1.165, 1.54) is 10.4 Å². The van der Waals surface area contributed by atoms with Gasteiger partial charge in [0.05, 0.1) is 6.10 Å². The van der Waals surface area contributed by atoms with Crippen molar-refractivity contribution >= 4 is 24.4 Å². The van der Waals surface area contributed by atoms with E-state index in [-0.39, 0.29) is 11.1 Å². The van der Waals surface area contributed by atoms with Crippen LogP contribution in [0.2, 0.25) is 5.04 Å². The summed E-state index contributed by atoms with van der Waals surface area (Å²) in [5.74, 6) is 0. The summed E-state index contributed by atoms with van der Waals surface area (Å²) in [6.07, 6.45) is 2.32. The molecule has 0 amide bonds. The molecular formula is C31H39NO3Si. The average molecular weight is 502 g/mol. The topological polar surface area (TPSA) is 51.0 Å². The smallest absolute Gasteiger partial charge is 0.261 e. The molecule has 3 aromatic rings. The fraction of sp³-hybridized carbons (Fsp3) is 0.387. The normalized spacial score (nSPS) is 19.0. The molecule has 4 nitrogen and oxygen atoms in total. The third kappa shape index (κ3) is 5.34. The average Bonchev–Trinajstić information content (AvgIpc) is 3.28. The zero-order valence-corrected chi connectivity index (χ0v) is 22.9. The Hall–Kier alpha value is -2.73. The highest BCUT2D eigenvalue weighted by atomic mass is 28.4. The summed E-state index contributed by atoms with van der Waals surface area (Å²) in [5, 5.41) is 18.1. The fourth-order valence-corrected chi connectivity index (χ4v) is 10.0. The molecule has 0 bridgehead atoms. The first-order valence-corrected chi connectivity index (χ1v) is 15.1. The molecule has 0 aromatic heterocycles. The molecule has 0 saturated heterocycles. The summed E-state index contributed by atoms with van der Waals surface area (Å²) >= 11 is 0. The summed E-state index contributed by atoms with van der Waals surface area (Å²) in [6, 6.07) is 31.1. The van der Waals surface area contributed by atoms with Crippen LogP contribution in [-0.4, -0.2) is 37.4 Å². The third-order valence-electron chi connectivity index (χ3n) is 7.14. The van der Waals surface area contributed by atoms with Gasteiger partial charge in [-0.05, 0) is 21.8 Å². The lowest BCUT2D eigenvalue weighted by atomic mass is 9.96. The van der Waals surface area contributed by atoms with Crippen molar-refractivity contribution in [2.24, 2.45) is 5.16 Å². The Morgan fingerprint density at radius 2 is 1.39 bits per heavy atom. The minimum absolute atomic E-state index is 0.161. The quantitative estimate of drug-likeness (QED) is 0.287. The lowest BCUT2D eigenvalue weighted by Gasteiger charge is -2.46. The zero-order chi connectivity index (χ0) is 25.6. The molecule has 0 spiro atoms. The number of aliphatic hydroxyl groups excluding tert-OH is 1. The monoisotopic (exact) mass is 501 g/mol. The third-order valence-corrected chi connectivity index (χ3v) is 12.2. The molecule has 1 N–H and O–H groups in total. The number of rotatable bonds is 10. The van der Waals surface area contributed by atoms with Gasteiger partial charge < -0.3 is 14.4 Å². The van der Waals surface area contributed by atoms with E-state index in [1.54, 1.807) is 0 Å². The Bertz CT molecular complexity index is 1070. The van der Waals surface area contributed by atoms with Gasteiger partial charge in [0, 0.05) is 5.56 Å². The highest BCUT2D eigenvalue weighted by Crippen LogP contribution is 2.39. The Kier molecular flexibility index (Phi) is 8.45. The molecule has 1 aliphatic rings. The predicted molar refractivity (Wildman–Crippen MR) is 150 cm³/mol. The second-order valence-electron chi connectivity index (χ2n) is 10.7. The highest BCUT2D eigenvalue weighted by molar-refractivity contribution is 6.99. The van der Waals surface area contributed by atoms with E-state index >= 15 is 0 Å². The molecule has 190 valence electrons. The Labute approximate surface area is 217 Å². The van der Waals surface area contributed by atoms with Crippen molar-refractivity contribution in [1.82, 2.24) is 0 Å². The summed E-state index contributed by atoms with van der Waals surface area (Å²) in [4.78, 5) is 5.99. The maximum Gasteiger partial charge on any atom is 0.261 e. The standard InChI is InChI=1S/C31H39NO3Si/c1-5-6-10-23-27(30-29(33)28(32-34-30)24-17-11-7-12-18-24)35-36(31(2,3)4,25-19-13-8-14-20-25)26-21-15-9-16-22-26/h7-9,11-22,27,29-30,33H,5-6,10,23H2,1-4H3/t27-,29+,30-/m0/s1. The van der Waals surface area contributed by atoms with Gasteiger partial charge >= 0.3 is 0 Å². The van der Waals surface area contributed by atoms with Gasteiger partial charge in [0.15, 0.2) is 6.10 Å². The van der Waals surface area contributed by atoms with Crippen LogP contribution in [0.1, 0.15) is 58.9 Å². The summed E-state index contributed by atoms with van der Waals surface area (Å²) in [7, 11) is -2.81. The van der Waals surface area contributed by atoms with E-state index < -0.39 is 20.5 Å². The lowest BCUT2D eigenvalue weighted by Crippen LogP contribution is -2.68. The molecular weight excluding hydrogens is 462 g/mol. The molecule has 1 heterocycles. The molecule has 0 radical (unpaired) electrons. The van der Waals surface area contributed by atoms with Crippen molar-refractivity contribution in [2.75, 3.05) is 0 Å². The lowest BCUT2D eigenvalue weighted by molar-refractivity contribution is -0.0555. The maximum atomic E-state index is 11.4. The van der Waals surface area contributed by atoms with E-state index in [2.05, 4.69) is 93.5 Å². The molecule has 4 rings (SSSR count). The fourth-order valence-electron chi connectivity index (χ4n) is 5.29. The van der Waals surface area contributed by atoms with Gasteiger partial charge in [0.1, 0.15) is 11.8 Å². The zero-order valence-electron chi connectivity index (χ0n) is 21.9. The number of oxime groups is 1. The molecule has 0 fully saturated rings. The molecule has 0 aliphatic carbocycles. The van der Waals surface area contributed by atoms with Crippen LogP contribution in [0.25, 0.3) is 0 Å². The number of nitrogens with zero attached hydrogens (tertiary/aromatic N) is 1. The van der Waals surface area contributed by atoms with E-state index in [4.69, 9.17) is 9.26 Å². The second-order valence-corrected chi connectivity index (χ2v) is 14.9. The van der Waals surface area contributed by atoms with Crippen molar-refractivity contribution in [2.45, 2.75) is 76.7 Å². The molecule has 3 aromatic carbocycles. The highest BCUT2D eigenvalue weighted by Gasteiger charge is 2.53. The SMILES string of the molecule is CCCCC[C@H](O[Si](c1ccccc1)(c1ccccc1)C(C)(C)C)[C@@H]1ON=C(c2ccccc2)[C@H]1O. The van der Waals surface area contributed by atoms with Crippen molar-refractivity contribution in [3.05, 3.63) is 96.6 Å². The van der Waals surface area contributed by atoms with Crippen molar-refractivity contribution in [1.29, 1.82) is 0 Å². The maximum absolute atomic E-state index is 11.4. The first kappa shape index (κ1) is 26.3. The minimum Gasteiger partial charge on any atom is -0.400 e. The predicted octanol–water partition coefficient (Wildman–Crippen LogP) is 5.68. The van der Waals surface area contributed by atoms with Crippen LogP contribution < -0.4 is 10.4 Å². The van der Waals surface area contributed by atoms with Crippen LogP contribution in [0.4, 0.5) is 0 Å². The van der Waals surface area contributed by atoms with Crippen LogP contribution in [0, 0.1) is 0 Å². The van der Waals surface area contributed by atoms with Crippen molar-refractivity contribution in [3.63, 3.8) is 0 Å². The number of hydrogen-bond acceptors (Lipinski definition) is 4. The molecule has 0 saturated carbocycles. The van der Waals surface area contributed by atoms with Gasteiger partial charge in [-0.2, -0.15) is 0 Å². The summed E-state index contributed by atoms with van der Waals surface area (Å²) in [6.45, 7) is 9.04. The molecule has 5 heteroatoms. The number of aliphatic hydroxyl groups is 1. The van der Waals surface area contributed by atoms with Crippen LogP contribution in [0.5, 0.6) is 0 Å². The number of unbranched alkanes of at least 4 members (excludes halogenated alkanes) is 2. The molecule has 3 atom stereocenters. The Balaban J connectivity index is 1.76. The second kappa shape index (κ2) is 11.5. The number of benzene rings is 3. The summed E-state index contributed by atoms with van der Waals surface area (Å²) in [5.41, 5.74) is 1.46. The van der Waals surface area contributed by atoms with Gasteiger partial charge in [-0.3, -0.25) is 0 Å². The van der Waals surface area contributed by atoms with Crippen molar-refractivity contribution < 1.29 is 14.4 Å². The first-order valence-electron chi connectivity index (χ1n) is 13.1. The number of hydrogen-bond donors (Lipinski definition) is 1. The first-order chi connectivity index (χ1) is 17.4. The van der Waals surface area contributed by atoms with Gasteiger partial charge in [-0.15, -0.1) is 0 Å². The van der Waals surface area contributed by atoms with Crippen molar-refractivity contribution in [3.8, 4) is 0 Å². The van der Waals surface area contributed by atoms with E-state index in [0.717, 1.165) is 31.2 Å². The summed E-state index contributed by atoms with van der Waals surface area (Å²) < 4.78 is 7.44. The van der Waals surface area contributed by atoms with E-state index in [0.29, 0.717) is 5.71 Å². The molecule has 36 heavy (non-hydrogen) atoms. The van der Waals surface area contributed by atoms with Gasteiger partial charge in [0.25, 0.3) is 8.32 Å². The van der Waals surface area contributed by atoms with Crippen LogP contribution in [0.3, 0.4) is 0 Å². The van der Waals surface area contributed by atoms with Crippen LogP contribution >= 0.6 is 0 Å². The van der Waals surface area contributed by atoms with Gasteiger partial charge in [-0.1, -0.05) is 143 Å². The van der Waals surface area contributed by atoms with E-state index in [9.17, 15) is 5.11 Å². The van der Waals surface area contributed by atoms with Crippen LogP contribution in [0.15, 0.2) is 96.2 Å².